The van der Waals surface area contributed by atoms with Crippen molar-refractivity contribution in [2.24, 2.45) is 5.92 Å². The van der Waals surface area contributed by atoms with Crippen molar-refractivity contribution in [2.45, 2.75) is 37.8 Å². The molecule has 1 fully saturated rings. The molecular formula is C19H23N3O3. The SMILES string of the molecule is O=[N+]([O-])c1ccccc1CC1CCCC1NCC(O)c1ccncc1. The van der Waals surface area contributed by atoms with Crippen LogP contribution < -0.4 is 5.32 Å². The number of nitrogens with zero attached hydrogens (tertiary/aromatic N) is 2. The van der Waals surface area contributed by atoms with Crippen LogP contribution in [0.4, 0.5) is 5.69 Å². The standard InChI is InChI=1S/C19H23N3O3/c23-19(14-8-10-20-11-9-14)13-21-17-6-3-5-15(17)12-16-4-1-2-7-18(16)22(24)25/h1-2,4,7-11,15,17,19,21,23H,3,5-6,12-13H2. The number of pyridine rings is 1. The Morgan fingerprint density at radius 2 is 2.00 bits per heavy atom. The highest BCUT2D eigenvalue weighted by atomic mass is 16.6. The van der Waals surface area contributed by atoms with Gasteiger partial charge in [-0.15, -0.1) is 0 Å². The number of benzene rings is 1. The zero-order valence-electron chi connectivity index (χ0n) is 14.0. The minimum Gasteiger partial charge on any atom is -0.387 e. The lowest BCUT2D eigenvalue weighted by atomic mass is 9.93. The van der Waals surface area contributed by atoms with Crippen molar-refractivity contribution in [2.75, 3.05) is 6.54 Å². The van der Waals surface area contributed by atoms with Gasteiger partial charge in [-0.3, -0.25) is 15.1 Å². The van der Waals surface area contributed by atoms with Crippen molar-refractivity contribution in [3.05, 3.63) is 70.0 Å². The maximum absolute atomic E-state index is 11.2. The molecule has 1 aliphatic rings. The molecule has 3 atom stereocenters. The van der Waals surface area contributed by atoms with Crippen LogP contribution in [0.5, 0.6) is 0 Å². The van der Waals surface area contributed by atoms with E-state index >= 15 is 0 Å². The van der Waals surface area contributed by atoms with Gasteiger partial charge in [-0.25, -0.2) is 0 Å². The van der Waals surface area contributed by atoms with E-state index in [4.69, 9.17) is 0 Å². The fourth-order valence-electron chi connectivity index (χ4n) is 3.66. The lowest BCUT2D eigenvalue weighted by Gasteiger charge is -2.23. The minimum atomic E-state index is -0.574. The molecule has 132 valence electrons. The zero-order chi connectivity index (χ0) is 17.6. The summed E-state index contributed by atoms with van der Waals surface area (Å²) in [5.74, 6) is 0.353. The second-order valence-corrected chi connectivity index (χ2v) is 6.59. The number of aromatic nitrogens is 1. The Morgan fingerprint density at radius 1 is 1.24 bits per heavy atom. The molecule has 1 aromatic heterocycles. The second kappa shape index (κ2) is 8.18. The molecule has 2 aromatic rings. The van der Waals surface area contributed by atoms with Gasteiger partial charge < -0.3 is 10.4 Å². The summed E-state index contributed by atoms with van der Waals surface area (Å²) in [4.78, 5) is 14.9. The highest BCUT2D eigenvalue weighted by molar-refractivity contribution is 5.40. The Bertz CT molecular complexity index is 708. The lowest BCUT2D eigenvalue weighted by molar-refractivity contribution is -0.385. The summed E-state index contributed by atoms with van der Waals surface area (Å²) in [6.07, 6.45) is 6.66. The minimum absolute atomic E-state index is 0.199. The predicted octanol–water partition coefficient (Wildman–Crippen LogP) is 3.02. The Kier molecular flexibility index (Phi) is 5.73. The van der Waals surface area contributed by atoms with Gasteiger partial charge in [0, 0.05) is 36.6 Å². The summed E-state index contributed by atoms with van der Waals surface area (Å²) < 4.78 is 0. The topological polar surface area (TPSA) is 88.3 Å². The molecule has 1 heterocycles. The molecule has 0 spiro atoms. The molecule has 1 saturated carbocycles. The van der Waals surface area contributed by atoms with E-state index in [1.54, 1.807) is 24.5 Å². The number of nitro benzene ring substituents is 1. The number of nitrogens with one attached hydrogen (secondary N) is 1. The molecule has 0 aliphatic heterocycles. The van der Waals surface area contributed by atoms with Crippen molar-refractivity contribution >= 4 is 5.69 Å². The fraction of sp³-hybridized carbons (Fsp3) is 0.421. The smallest absolute Gasteiger partial charge is 0.272 e. The van der Waals surface area contributed by atoms with Crippen molar-refractivity contribution in [3.8, 4) is 0 Å². The first-order valence-electron chi connectivity index (χ1n) is 8.69. The average molecular weight is 341 g/mol. The third kappa shape index (κ3) is 4.41. The number of rotatable bonds is 7. The molecule has 25 heavy (non-hydrogen) atoms. The monoisotopic (exact) mass is 341 g/mol. The van der Waals surface area contributed by atoms with Crippen LogP contribution in [0, 0.1) is 16.0 Å². The van der Waals surface area contributed by atoms with Crippen LogP contribution in [-0.2, 0) is 6.42 Å². The van der Waals surface area contributed by atoms with Crippen molar-refractivity contribution in [1.29, 1.82) is 0 Å². The van der Waals surface area contributed by atoms with Crippen LogP contribution in [0.25, 0.3) is 0 Å². The van der Waals surface area contributed by atoms with E-state index in [9.17, 15) is 15.2 Å². The first kappa shape index (κ1) is 17.5. The van der Waals surface area contributed by atoms with Crippen LogP contribution in [0.15, 0.2) is 48.8 Å². The number of para-hydroxylation sites is 1. The highest BCUT2D eigenvalue weighted by Crippen LogP contribution is 2.31. The van der Waals surface area contributed by atoms with Gasteiger partial charge in [-0.1, -0.05) is 24.6 Å². The van der Waals surface area contributed by atoms with Gasteiger partial charge in [0.05, 0.1) is 11.0 Å². The van der Waals surface area contributed by atoms with E-state index in [2.05, 4.69) is 10.3 Å². The summed E-state index contributed by atoms with van der Waals surface area (Å²) in [5.41, 5.74) is 1.83. The van der Waals surface area contributed by atoms with Gasteiger partial charge in [0.15, 0.2) is 0 Å². The van der Waals surface area contributed by atoms with Crippen molar-refractivity contribution in [3.63, 3.8) is 0 Å². The Hall–Kier alpha value is -2.31. The molecule has 2 N–H and O–H groups in total. The molecule has 0 bridgehead atoms. The maximum Gasteiger partial charge on any atom is 0.272 e. The highest BCUT2D eigenvalue weighted by Gasteiger charge is 2.29. The van der Waals surface area contributed by atoms with Crippen molar-refractivity contribution in [1.82, 2.24) is 10.3 Å². The van der Waals surface area contributed by atoms with E-state index in [1.165, 1.54) is 0 Å². The van der Waals surface area contributed by atoms with Gasteiger partial charge in [-0.2, -0.15) is 0 Å². The summed E-state index contributed by atoms with van der Waals surface area (Å²) >= 11 is 0. The van der Waals surface area contributed by atoms with Gasteiger partial charge in [0.2, 0.25) is 0 Å². The second-order valence-electron chi connectivity index (χ2n) is 6.59. The third-order valence-electron chi connectivity index (χ3n) is 4.99. The van der Waals surface area contributed by atoms with E-state index in [-0.39, 0.29) is 16.7 Å². The Morgan fingerprint density at radius 3 is 2.76 bits per heavy atom. The molecule has 1 aliphatic carbocycles. The number of nitro groups is 1. The van der Waals surface area contributed by atoms with Gasteiger partial charge >= 0.3 is 0 Å². The van der Waals surface area contributed by atoms with E-state index in [0.717, 1.165) is 30.4 Å². The molecular weight excluding hydrogens is 318 g/mol. The molecule has 0 radical (unpaired) electrons. The van der Waals surface area contributed by atoms with Crippen molar-refractivity contribution < 1.29 is 10.0 Å². The largest absolute Gasteiger partial charge is 0.387 e. The molecule has 1 aromatic carbocycles. The molecule has 3 unspecified atom stereocenters. The fourth-order valence-corrected chi connectivity index (χ4v) is 3.66. The Balaban J connectivity index is 1.61. The number of aliphatic hydroxyl groups is 1. The third-order valence-corrected chi connectivity index (χ3v) is 4.99. The van der Waals surface area contributed by atoms with Gasteiger partial charge in [0.25, 0.3) is 5.69 Å². The molecule has 0 saturated heterocycles. The predicted molar refractivity (Wildman–Crippen MR) is 95.1 cm³/mol. The van der Waals surface area contributed by atoms with Crippen LogP contribution in [0.3, 0.4) is 0 Å². The first-order valence-corrected chi connectivity index (χ1v) is 8.69. The van der Waals surface area contributed by atoms with Crippen LogP contribution in [0.2, 0.25) is 0 Å². The maximum atomic E-state index is 11.2. The van der Waals surface area contributed by atoms with E-state index in [1.807, 2.05) is 24.3 Å². The first-order chi connectivity index (χ1) is 12.1. The molecule has 6 heteroatoms. The van der Waals surface area contributed by atoms with Crippen LogP contribution in [0.1, 0.15) is 36.5 Å². The van der Waals surface area contributed by atoms with Crippen LogP contribution in [-0.4, -0.2) is 27.6 Å². The summed E-state index contributed by atoms with van der Waals surface area (Å²) in [7, 11) is 0. The quantitative estimate of drug-likeness (QED) is 0.597. The summed E-state index contributed by atoms with van der Waals surface area (Å²) in [6.45, 7) is 0.474. The number of hydrogen-bond donors (Lipinski definition) is 2. The lowest BCUT2D eigenvalue weighted by Crippen LogP contribution is -2.36. The summed E-state index contributed by atoms with van der Waals surface area (Å²) in [5, 5.41) is 25.0. The van der Waals surface area contributed by atoms with E-state index in [0.29, 0.717) is 18.9 Å². The van der Waals surface area contributed by atoms with E-state index < -0.39 is 6.10 Å². The average Bonchev–Trinajstić information content (AvgIpc) is 3.07. The number of aliphatic hydroxyl groups excluding tert-OH is 1. The molecule has 0 amide bonds. The van der Waals surface area contributed by atoms with Gasteiger partial charge in [0.1, 0.15) is 0 Å². The normalized spacial score (nSPS) is 21.2. The number of hydrogen-bond acceptors (Lipinski definition) is 5. The zero-order valence-corrected chi connectivity index (χ0v) is 14.0. The molecule has 3 rings (SSSR count). The van der Waals surface area contributed by atoms with Gasteiger partial charge in [-0.05, 0) is 42.9 Å². The van der Waals surface area contributed by atoms with Crippen LogP contribution >= 0.6 is 0 Å². The Labute approximate surface area is 147 Å². The molecule has 6 nitrogen and oxygen atoms in total. The summed E-state index contributed by atoms with van der Waals surface area (Å²) in [6, 6.07) is 10.9.